The van der Waals surface area contributed by atoms with E-state index in [2.05, 4.69) is 6.92 Å². The Morgan fingerprint density at radius 2 is 1.94 bits per heavy atom. The van der Waals surface area contributed by atoms with Gasteiger partial charge in [0.25, 0.3) is 0 Å². The molecule has 0 fully saturated rings. The fourth-order valence-corrected chi connectivity index (χ4v) is 1.91. The highest BCUT2D eigenvalue weighted by Crippen LogP contribution is 2.26. The van der Waals surface area contributed by atoms with E-state index in [9.17, 15) is 4.39 Å². The van der Waals surface area contributed by atoms with Crippen molar-refractivity contribution in [2.75, 3.05) is 20.3 Å². The third kappa shape index (κ3) is 3.58. The van der Waals surface area contributed by atoms with Crippen LogP contribution >= 0.6 is 0 Å². The second kappa shape index (κ2) is 6.61. The number of nitrogens with two attached hydrogens (primary N) is 1. The van der Waals surface area contributed by atoms with Crippen molar-refractivity contribution < 1.29 is 9.13 Å². The Bertz CT molecular complexity index is 299. The molecular weight excluding hydrogens is 205 g/mol. The number of rotatable bonds is 6. The van der Waals surface area contributed by atoms with Gasteiger partial charge in [-0.2, -0.15) is 0 Å². The van der Waals surface area contributed by atoms with E-state index in [1.165, 1.54) is 12.1 Å². The summed E-state index contributed by atoms with van der Waals surface area (Å²) in [5.74, 6) is 0.509. The van der Waals surface area contributed by atoms with Crippen LogP contribution in [-0.4, -0.2) is 20.3 Å². The summed E-state index contributed by atoms with van der Waals surface area (Å²) < 4.78 is 17.9. The van der Waals surface area contributed by atoms with Crippen molar-refractivity contribution in [2.24, 2.45) is 11.7 Å². The number of methoxy groups -OCH3 is 1. The van der Waals surface area contributed by atoms with E-state index in [0.29, 0.717) is 12.5 Å². The third-order valence-electron chi connectivity index (χ3n) is 3.02. The van der Waals surface area contributed by atoms with Crippen LogP contribution in [0.4, 0.5) is 4.39 Å². The molecule has 0 heterocycles. The van der Waals surface area contributed by atoms with Crippen LogP contribution in [0.5, 0.6) is 0 Å². The minimum Gasteiger partial charge on any atom is -0.385 e. The zero-order valence-corrected chi connectivity index (χ0v) is 9.95. The first kappa shape index (κ1) is 13.1. The van der Waals surface area contributed by atoms with Gasteiger partial charge in [0.2, 0.25) is 0 Å². The van der Waals surface area contributed by atoms with Crippen LogP contribution in [0.2, 0.25) is 0 Å². The maximum Gasteiger partial charge on any atom is 0.123 e. The van der Waals surface area contributed by atoms with E-state index in [4.69, 9.17) is 10.5 Å². The summed E-state index contributed by atoms with van der Waals surface area (Å²) in [4.78, 5) is 0. The largest absolute Gasteiger partial charge is 0.385 e. The normalized spacial score (nSPS) is 14.8. The van der Waals surface area contributed by atoms with Crippen molar-refractivity contribution in [3.8, 4) is 0 Å². The van der Waals surface area contributed by atoms with Crippen molar-refractivity contribution in [2.45, 2.75) is 19.3 Å². The van der Waals surface area contributed by atoms with Gasteiger partial charge in [-0.05, 0) is 42.5 Å². The molecule has 0 aliphatic rings. The minimum absolute atomic E-state index is 0.205. The predicted molar refractivity (Wildman–Crippen MR) is 63.9 cm³/mol. The molecule has 0 radical (unpaired) electrons. The standard InChI is InChI=1S/C13H20FNO/c1-10(7-8-16-2)13(9-15)11-3-5-12(14)6-4-11/h3-6,10,13H,7-9,15H2,1-2H3. The van der Waals surface area contributed by atoms with Gasteiger partial charge in [-0.25, -0.2) is 4.39 Å². The molecule has 0 bridgehead atoms. The molecule has 2 N–H and O–H groups in total. The molecule has 0 saturated carbocycles. The zero-order chi connectivity index (χ0) is 12.0. The highest BCUT2D eigenvalue weighted by atomic mass is 19.1. The minimum atomic E-state index is -0.205. The summed E-state index contributed by atoms with van der Waals surface area (Å²) in [7, 11) is 1.70. The van der Waals surface area contributed by atoms with Crippen molar-refractivity contribution in [1.82, 2.24) is 0 Å². The Labute approximate surface area is 96.6 Å². The van der Waals surface area contributed by atoms with E-state index >= 15 is 0 Å². The van der Waals surface area contributed by atoms with Gasteiger partial charge in [0.15, 0.2) is 0 Å². The van der Waals surface area contributed by atoms with Gasteiger partial charge in [-0.15, -0.1) is 0 Å². The smallest absolute Gasteiger partial charge is 0.123 e. The molecule has 3 heteroatoms. The van der Waals surface area contributed by atoms with Crippen LogP contribution in [0.15, 0.2) is 24.3 Å². The molecule has 2 unspecified atom stereocenters. The molecular formula is C13H20FNO. The van der Waals surface area contributed by atoms with Gasteiger partial charge in [-0.3, -0.25) is 0 Å². The first-order valence-corrected chi connectivity index (χ1v) is 5.63. The summed E-state index contributed by atoms with van der Waals surface area (Å²) in [6, 6.07) is 6.61. The van der Waals surface area contributed by atoms with E-state index in [1.807, 2.05) is 12.1 Å². The Morgan fingerprint density at radius 1 is 1.31 bits per heavy atom. The summed E-state index contributed by atoms with van der Waals surface area (Å²) in [6.45, 7) is 3.47. The lowest BCUT2D eigenvalue weighted by Crippen LogP contribution is -2.20. The number of halogens is 1. The molecule has 0 amide bonds. The molecule has 0 spiro atoms. The quantitative estimate of drug-likeness (QED) is 0.807. The van der Waals surface area contributed by atoms with Crippen molar-refractivity contribution >= 4 is 0 Å². The van der Waals surface area contributed by atoms with Crippen LogP contribution in [-0.2, 0) is 4.74 Å². The molecule has 1 aromatic carbocycles. The summed E-state index contributed by atoms with van der Waals surface area (Å²) in [5, 5.41) is 0. The first-order chi connectivity index (χ1) is 7.69. The van der Waals surface area contributed by atoms with Crippen molar-refractivity contribution in [3.63, 3.8) is 0 Å². The van der Waals surface area contributed by atoms with Crippen LogP contribution in [0.3, 0.4) is 0 Å². The lowest BCUT2D eigenvalue weighted by atomic mass is 9.85. The summed E-state index contributed by atoms with van der Waals surface area (Å²) in [5.41, 5.74) is 6.89. The molecule has 0 aliphatic carbocycles. The zero-order valence-electron chi connectivity index (χ0n) is 9.95. The van der Waals surface area contributed by atoms with E-state index < -0.39 is 0 Å². The second-order valence-electron chi connectivity index (χ2n) is 4.15. The molecule has 16 heavy (non-hydrogen) atoms. The van der Waals surface area contributed by atoms with E-state index in [-0.39, 0.29) is 11.7 Å². The average Bonchev–Trinajstić information content (AvgIpc) is 2.30. The highest BCUT2D eigenvalue weighted by Gasteiger charge is 2.17. The lowest BCUT2D eigenvalue weighted by molar-refractivity contribution is 0.174. The predicted octanol–water partition coefficient (Wildman–Crippen LogP) is 2.54. The monoisotopic (exact) mass is 225 g/mol. The Balaban J connectivity index is 2.69. The Kier molecular flexibility index (Phi) is 5.43. The molecule has 1 rings (SSSR count). The van der Waals surface area contributed by atoms with Gasteiger partial charge in [0.1, 0.15) is 5.82 Å². The maximum atomic E-state index is 12.8. The molecule has 1 aromatic rings. The number of benzene rings is 1. The van der Waals surface area contributed by atoms with Crippen molar-refractivity contribution in [1.29, 1.82) is 0 Å². The topological polar surface area (TPSA) is 35.2 Å². The fourth-order valence-electron chi connectivity index (χ4n) is 1.91. The summed E-state index contributed by atoms with van der Waals surface area (Å²) in [6.07, 6.45) is 0.968. The second-order valence-corrected chi connectivity index (χ2v) is 4.15. The number of ether oxygens (including phenoxy) is 1. The van der Waals surface area contributed by atoms with Crippen LogP contribution in [0.1, 0.15) is 24.8 Å². The number of hydrogen-bond acceptors (Lipinski definition) is 2. The SMILES string of the molecule is COCCC(C)C(CN)c1ccc(F)cc1. The van der Waals surface area contributed by atoms with E-state index in [1.54, 1.807) is 7.11 Å². The molecule has 2 atom stereocenters. The van der Waals surface area contributed by atoms with Crippen LogP contribution in [0.25, 0.3) is 0 Å². The van der Waals surface area contributed by atoms with Crippen LogP contribution < -0.4 is 5.73 Å². The molecule has 0 saturated heterocycles. The molecule has 0 aliphatic heterocycles. The number of hydrogen-bond donors (Lipinski definition) is 1. The van der Waals surface area contributed by atoms with Gasteiger partial charge < -0.3 is 10.5 Å². The van der Waals surface area contributed by atoms with Crippen molar-refractivity contribution in [3.05, 3.63) is 35.6 Å². The molecule has 90 valence electrons. The van der Waals surface area contributed by atoms with E-state index in [0.717, 1.165) is 18.6 Å². The first-order valence-electron chi connectivity index (χ1n) is 5.63. The Hall–Kier alpha value is -0.930. The molecule has 0 aromatic heterocycles. The lowest BCUT2D eigenvalue weighted by Gasteiger charge is -2.22. The van der Waals surface area contributed by atoms with Crippen LogP contribution in [0, 0.1) is 11.7 Å². The third-order valence-corrected chi connectivity index (χ3v) is 3.02. The fraction of sp³-hybridized carbons (Fsp3) is 0.538. The molecule has 2 nitrogen and oxygen atoms in total. The van der Waals surface area contributed by atoms with Gasteiger partial charge in [0.05, 0.1) is 0 Å². The average molecular weight is 225 g/mol. The van der Waals surface area contributed by atoms with Gasteiger partial charge in [0, 0.05) is 13.7 Å². The maximum absolute atomic E-state index is 12.8. The van der Waals surface area contributed by atoms with Gasteiger partial charge in [-0.1, -0.05) is 19.1 Å². The Morgan fingerprint density at radius 3 is 2.44 bits per heavy atom. The van der Waals surface area contributed by atoms with Gasteiger partial charge >= 0.3 is 0 Å². The summed E-state index contributed by atoms with van der Waals surface area (Å²) >= 11 is 0. The highest BCUT2D eigenvalue weighted by molar-refractivity contribution is 5.21.